The zero-order chi connectivity index (χ0) is 14.7. The van der Waals surface area contributed by atoms with E-state index in [4.69, 9.17) is 11.6 Å². The van der Waals surface area contributed by atoms with Crippen LogP contribution in [0.25, 0.3) is 0 Å². The second kappa shape index (κ2) is 6.46. The third kappa shape index (κ3) is 3.64. The molecule has 1 heterocycles. The summed E-state index contributed by atoms with van der Waals surface area (Å²) in [5, 5.41) is 13.1. The number of rotatable bonds is 3. The third-order valence-corrected chi connectivity index (χ3v) is 4.03. The molecule has 0 aromatic heterocycles. The van der Waals surface area contributed by atoms with Gasteiger partial charge in [-0.3, -0.25) is 4.79 Å². The van der Waals surface area contributed by atoms with Crippen molar-refractivity contribution in [3.63, 3.8) is 0 Å². The highest BCUT2D eigenvalue weighted by Crippen LogP contribution is 2.29. The van der Waals surface area contributed by atoms with Gasteiger partial charge in [-0.2, -0.15) is 0 Å². The number of carbonyl (C=O) groups excluding carboxylic acids is 1. The number of benzene rings is 1. The van der Waals surface area contributed by atoms with Crippen molar-refractivity contribution in [3.05, 3.63) is 28.8 Å². The Bertz CT molecular complexity index is 483. The Hall–Kier alpha value is -1.26. The molecular formula is C15H21ClN2O2. The van der Waals surface area contributed by atoms with Crippen LogP contribution in [0.2, 0.25) is 5.02 Å². The lowest BCUT2D eigenvalue weighted by Crippen LogP contribution is -2.44. The summed E-state index contributed by atoms with van der Waals surface area (Å²) in [6.07, 6.45) is 1.33. The summed E-state index contributed by atoms with van der Waals surface area (Å²) < 4.78 is 0. The van der Waals surface area contributed by atoms with Gasteiger partial charge >= 0.3 is 0 Å². The number of halogens is 1. The smallest absolute Gasteiger partial charge is 0.217 e. The highest BCUT2D eigenvalue weighted by atomic mass is 35.5. The van der Waals surface area contributed by atoms with Gasteiger partial charge in [0.05, 0.1) is 6.10 Å². The number of carbonyl (C=O) groups is 1. The van der Waals surface area contributed by atoms with Crippen LogP contribution in [0.3, 0.4) is 0 Å². The highest BCUT2D eigenvalue weighted by molar-refractivity contribution is 6.31. The van der Waals surface area contributed by atoms with E-state index in [-0.39, 0.29) is 11.9 Å². The van der Waals surface area contributed by atoms with E-state index in [0.29, 0.717) is 5.02 Å². The molecule has 0 aliphatic carbocycles. The minimum Gasteiger partial charge on any atom is -0.389 e. The summed E-state index contributed by atoms with van der Waals surface area (Å²) in [4.78, 5) is 13.3. The third-order valence-electron chi connectivity index (χ3n) is 3.70. The van der Waals surface area contributed by atoms with Crippen LogP contribution in [0.5, 0.6) is 0 Å². The Morgan fingerprint density at radius 1 is 1.45 bits per heavy atom. The first-order chi connectivity index (χ1) is 9.47. The van der Waals surface area contributed by atoms with E-state index in [1.165, 1.54) is 0 Å². The molecule has 0 bridgehead atoms. The lowest BCUT2D eigenvalue weighted by Gasteiger charge is -2.34. The summed E-state index contributed by atoms with van der Waals surface area (Å²) in [6.45, 7) is 5.06. The molecule has 5 heteroatoms. The van der Waals surface area contributed by atoms with E-state index in [2.05, 4.69) is 10.2 Å². The Morgan fingerprint density at radius 2 is 2.10 bits per heavy atom. The standard InChI is InChI=1S/C15H21ClN2O2/c1-10(19)14-4-3-13(9-15(14)16)18-7-5-12(6-8-18)17-11(2)20/h3-4,9-10,12,19H,5-8H2,1-2H3,(H,17,20). The van der Waals surface area contributed by atoms with Crippen LogP contribution in [0, 0.1) is 0 Å². The average Bonchev–Trinajstić information content (AvgIpc) is 2.38. The summed E-state index contributed by atoms with van der Waals surface area (Å²) in [5.41, 5.74) is 1.82. The molecule has 1 aliphatic heterocycles. The molecule has 0 radical (unpaired) electrons. The first kappa shape index (κ1) is 15.1. The summed E-state index contributed by atoms with van der Waals surface area (Å²) in [6, 6.07) is 6.05. The lowest BCUT2D eigenvalue weighted by atomic mass is 10.0. The molecule has 0 spiro atoms. The van der Waals surface area contributed by atoms with Crippen molar-refractivity contribution in [2.75, 3.05) is 18.0 Å². The maximum absolute atomic E-state index is 11.0. The predicted molar refractivity (Wildman–Crippen MR) is 81.1 cm³/mol. The fourth-order valence-electron chi connectivity index (χ4n) is 2.62. The van der Waals surface area contributed by atoms with Crippen LogP contribution >= 0.6 is 11.6 Å². The molecule has 1 fully saturated rings. The number of aliphatic hydroxyl groups excluding tert-OH is 1. The molecule has 110 valence electrons. The molecule has 2 rings (SSSR count). The van der Waals surface area contributed by atoms with Gasteiger partial charge in [-0.25, -0.2) is 0 Å². The van der Waals surface area contributed by atoms with Crippen LogP contribution in [0.1, 0.15) is 38.4 Å². The minimum absolute atomic E-state index is 0.0350. The van der Waals surface area contributed by atoms with Gasteiger partial charge in [-0.15, -0.1) is 0 Å². The second-order valence-electron chi connectivity index (χ2n) is 5.34. The van der Waals surface area contributed by atoms with E-state index in [0.717, 1.165) is 37.2 Å². The highest BCUT2D eigenvalue weighted by Gasteiger charge is 2.20. The zero-order valence-corrected chi connectivity index (χ0v) is 12.7. The molecule has 2 N–H and O–H groups in total. The Kier molecular flexibility index (Phi) is 4.89. The number of piperidine rings is 1. The van der Waals surface area contributed by atoms with Crippen molar-refractivity contribution in [2.24, 2.45) is 0 Å². The van der Waals surface area contributed by atoms with Crippen molar-refractivity contribution >= 4 is 23.2 Å². The van der Waals surface area contributed by atoms with E-state index in [9.17, 15) is 9.90 Å². The van der Waals surface area contributed by atoms with Gasteiger partial charge in [0.1, 0.15) is 0 Å². The van der Waals surface area contributed by atoms with Crippen molar-refractivity contribution in [1.82, 2.24) is 5.32 Å². The van der Waals surface area contributed by atoms with Crippen molar-refractivity contribution in [2.45, 2.75) is 38.8 Å². The van der Waals surface area contributed by atoms with Gasteiger partial charge in [0.15, 0.2) is 0 Å². The summed E-state index contributed by atoms with van der Waals surface area (Å²) in [5.74, 6) is 0.0350. The summed E-state index contributed by atoms with van der Waals surface area (Å²) in [7, 11) is 0. The quantitative estimate of drug-likeness (QED) is 0.901. The Balaban J connectivity index is 2.00. The summed E-state index contributed by atoms with van der Waals surface area (Å²) >= 11 is 6.20. The number of hydrogen-bond donors (Lipinski definition) is 2. The molecule has 20 heavy (non-hydrogen) atoms. The van der Waals surface area contributed by atoms with Crippen molar-refractivity contribution in [1.29, 1.82) is 0 Å². The van der Waals surface area contributed by atoms with E-state index in [1.807, 2.05) is 18.2 Å². The SMILES string of the molecule is CC(=O)NC1CCN(c2ccc(C(C)O)c(Cl)c2)CC1. The van der Waals surface area contributed by atoms with E-state index < -0.39 is 6.10 Å². The van der Waals surface area contributed by atoms with Gasteiger partial charge in [-0.05, 0) is 37.5 Å². The fraction of sp³-hybridized carbons (Fsp3) is 0.533. The van der Waals surface area contributed by atoms with E-state index in [1.54, 1.807) is 13.8 Å². The number of aliphatic hydroxyl groups is 1. The normalized spacial score (nSPS) is 17.9. The molecule has 0 saturated carbocycles. The van der Waals surface area contributed by atoms with Crippen molar-refractivity contribution in [3.8, 4) is 0 Å². The van der Waals surface area contributed by atoms with Gasteiger partial charge in [0.25, 0.3) is 0 Å². The Labute approximate surface area is 124 Å². The van der Waals surface area contributed by atoms with Crippen LogP contribution < -0.4 is 10.2 Å². The molecule has 1 atom stereocenters. The Morgan fingerprint density at radius 3 is 2.60 bits per heavy atom. The second-order valence-corrected chi connectivity index (χ2v) is 5.75. The van der Waals surface area contributed by atoms with E-state index >= 15 is 0 Å². The van der Waals surface area contributed by atoms with Gasteiger partial charge in [0.2, 0.25) is 5.91 Å². The molecule has 1 aromatic rings. The van der Waals surface area contributed by atoms with Crippen LogP contribution in [0.15, 0.2) is 18.2 Å². The van der Waals surface area contributed by atoms with Gasteiger partial charge < -0.3 is 15.3 Å². The maximum Gasteiger partial charge on any atom is 0.217 e. The molecule has 1 aromatic carbocycles. The number of hydrogen-bond acceptors (Lipinski definition) is 3. The average molecular weight is 297 g/mol. The predicted octanol–water partition coefficient (Wildman–Crippen LogP) is 2.50. The van der Waals surface area contributed by atoms with Crippen LogP contribution in [0.4, 0.5) is 5.69 Å². The van der Waals surface area contributed by atoms with Crippen LogP contribution in [-0.2, 0) is 4.79 Å². The maximum atomic E-state index is 11.0. The molecule has 1 amide bonds. The molecular weight excluding hydrogens is 276 g/mol. The first-order valence-corrected chi connectivity index (χ1v) is 7.34. The molecule has 1 saturated heterocycles. The van der Waals surface area contributed by atoms with Gasteiger partial charge in [-0.1, -0.05) is 17.7 Å². The van der Waals surface area contributed by atoms with Crippen LogP contribution in [-0.4, -0.2) is 30.1 Å². The number of amides is 1. The van der Waals surface area contributed by atoms with Gasteiger partial charge in [0, 0.05) is 36.8 Å². The number of nitrogens with zero attached hydrogens (tertiary/aromatic N) is 1. The molecule has 1 unspecified atom stereocenters. The number of nitrogens with one attached hydrogen (secondary N) is 1. The monoisotopic (exact) mass is 296 g/mol. The first-order valence-electron chi connectivity index (χ1n) is 6.97. The molecule has 4 nitrogen and oxygen atoms in total. The molecule has 1 aliphatic rings. The fourth-order valence-corrected chi connectivity index (χ4v) is 2.95. The number of anilines is 1. The zero-order valence-electron chi connectivity index (χ0n) is 11.9. The topological polar surface area (TPSA) is 52.6 Å². The lowest BCUT2D eigenvalue weighted by molar-refractivity contribution is -0.119. The largest absolute Gasteiger partial charge is 0.389 e. The van der Waals surface area contributed by atoms with Crippen molar-refractivity contribution < 1.29 is 9.90 Å². The minimum atomic E-state index is -0.554.